The number of carbonyl (C=O) groups excluding carboxylic acids is 1. The lowest BCUT2D eigenvalue weighted by Gasteiger charge is -2.12. The number of nitrogens with one attached hydrogen (secondary N) is 1. The Balaban J connectivity index is 2.57. The van der Waals surface area contributed by atoms with E-state index in [1.165, 1.54) is 12.3 Å². The summed E-state index contributed by atoms with van der Waals surface area (Å²) in [7, 11) is 0. The zero-order valence-electron chi connectivity index (χ0n) is 9.35. The largest absolute Gasteiger partial charge is 0.394 e. The van der Waals surface area contributed by atoms with Crippen LogP contribution in [0.3, 0.4) is 0 Å². The van der Waals surface area contributed by atoms with Crippen molar-refractivity contribution >= 4 is 17.8 Å². The van der Waals surface area contributed by atoms with E-state index >= 15 is 0 Å². The van der Waals surface area contributed by atoms with Gasteiger partial charge in [0, 0.05) is 12.6 Å². The summed E-state index contributed by atoms with van der Waals surface area (Å²) in [6, 6.07) is 1.39. The van der Waals surface area contributed by atoms with E-state index in [0.717, 1.165) is 6.21 Å². The van der Waals surface area contributed by atoms with Gasteiger partial charge in [0.05, 0.1) is 18.9 Å². The fourth-order valence-corrected chi connectivity index (χ4v) is 1.09. The van der Waals surface area contributed by atoms with Crippen LogP contribution in [0.5, 0.6) is 0 Å². The highest BCUT2D eigenvalue weighted by Crippen LogP contribution is 2.02. The van der Waals surface area contributed by atoms with Crippen LogP contribution >= 0.6 is 0 Å². The summed E-state index contributed by atoms with van der Waals surface area (Å²) in [5.74, 6) is -0.395. The maximum atomic E-state index is 11.3. The van der Waals surface area contributed by atoms with Crippen LogP contribution in [0.2, 0.25) is 0 Å². The highest BCUT2D eigenvalue weighted by Gasteiger charge is 2.17. The van der Waals surface area contributed by atoms with Crippen molar-refractivity contribution < 1.29 is 20.1 Å². The molecular formula is C10H13N3O5. The molecule has 4 N–H and O–H groups in total. The minimum Gasteiger partial charge on any atom is -0.394 e. The van der Waals surface area contributed by atoms with Crippen molar-refractivity contribution in [3.05, 3.63) is 22.7 Å². The molecule has 0 aliphatic heterocycles. The molecule has 8 heteroatoms. The molecule has 0 aliphatic rings. The van der Waals surface area contributed by atoms with Gasteiger partial charge in [0.15, 0.2) is 5.78 Å². The number of hydrogen-bond acceptors (Lipinski definition) is 7. The van der Waals surface area contributed by atoms with Crippen molar-refractivity contribution in [2.24, 2.45) is 4.99 Å². The number of aliphatic hydroxyl groups excluding tert-OH is 3. The first-order valence-corrected chi connectivity index (χ1v) is 5.12. The number of aromatic amines is 1. The van der Waals surface area contributed by atoms with E-state index in [1.807, 2.05) is 0 Å². The van der Waals surface area contributed by atoms with Crippen LogP contribution in [0.15, 0.2) is 22.1 Å². The highest BCUT2D eigenvalue weighted by atomic mass is 16.4. The van der Waals surface area contributed by atoms with E-state index in [-0.39, 0.29) is 12.2 Å². The number of Topliss-reactive ketones (excluding diaryl/α,β-unsaturated/α-hetero) is 1. The van der Waals surface area contributed by atoms with Crippen LogP contribution in [-0.4, -0.2) is 56.1 Å². The molecule has 0 aliphatic carbocycles. The Bertz CT molecular complexity index is 484. The van der Waals surface area contributed by atoms with Gasteiger partial charge >= 0.3 is 5.69 Å². The van der Waals surface area contributed by atoms with Gasteiger partial charge in [0.1, 0.15) is 11.9 Å². The molecule has 2 atom stereocenters. The minimum atomic E-state index is -1.37. The molecule has 18 heavy (non-hydrogen) atoms. The Kier molecular flexibility index (Phi) is 5.31. The molecule has 1 aromatic heterocycles. The quantitative estimate of drug-likeness (QED) is 0.440. The third-order valence-electron chi connectivity index (χ3n) is 2.05. The Morgan fingerprint density at radius 1 is 1.50 bits per heavy atom. The van der Waals surface area contributed by atoms with E-state index in [4.69, 9.17) is 10.2 Å². The predicted octanol–water partition coefficient (Wildman–Crippen LogP) is -1.85. The number of aliphatic imine (C=N–C) groups is 1. The van der Waals surface area contributed by atoms with E-state index < -0.39 is 30.3 Å². The number of aliphatic hydroxyl groups is 3. The Morgan fingerprint density at radius 2 is 2.22 bits per heavy atom. The maximum Gasteiger partial charge on any atom is 0.346 e. The lowest BCUT2D eigenvalue weighted by atomic mass is 10.1. The molecule has 1 aromatic rings. The van der Waals surface area contributed by atoms with E-state index in [2.05, 4.69) is 15.0 Å². The number of aromatic nitrogens is 2. The van der Waals surface area contributed by atoms with Gasteiger partial charge in [-0.05, 0) is 6.07 Å². The molecular weight excluding hydrogens is 242 g/mol. The SMILES string of the molecule is O=C(/C=N/c1ccnc(=O)[nH]1)CC(O)C(O)CO. The zero-order chi connectivity index (χ0) is 13.5. The highest BCUT2D eigenvalue weighted by molar-refractivity contribution is 6.28. The number of carbonyl (C=O) groups is 1. The summed E-state index contributed by atoms with van der Waals surface area (Å²) in [6.07, 6.45) is -0.951. The number of rotatable bonds is 6. The third kappa shape index (κ3) is 4.53. The fourth-order valence-electron chi connectivity index (χ4n) is 1.09. The molecule has 98 valence electrons. The molecule has 1 rings (SSSR count). The van der Waals surface area contributed by atoms with Gasteiger partial charge in [-0.25, -0.2) is 14.8 Å². The second-order valence-corrected chi connectivity index (χ2v) is 3.51. The standard InChI is InChI=1S/C10H13N3O5/c14-5-8(17)7(16)3-6(15)4-12-9-1-2-11-10(18)13-9/h1-2,4,7-8,14,16-17H,3,5H2,(H,11,13,18)/b12-4+. The second kappa shape index (κ2) is 6.74. The summed E-state index contributed by atoms with van der Waals surface area (Å²) in [4.78, 5) is 31.5. The molecule has 0 saturated carbocycles. The smallest absolute Gasteiger partial charge is 0.346 e. The van der Waals surface area contributed by atoms with Gasteiger partial charge < -0.3 is 15.3 Å². The van der Waals surface area contributed by atoms with Gasteiger partial charge in [-0.15, -0.1) is 0 Å². The Labute approximate surface area is 102 Å². The fraction of sp³-hybridized carbons (Fsp3) is 0.400. The predicted molar refractivity (Wildman–Crippen MR) is 61.7 cm³/mol. The van der Waals surface area contributed by atoms with Crippen molar-refractivity contribution in [3.63, 3.8) is 0 Å². The first kappa shape index (κ1) is 14.2. The average molecular weight is 255 g/mol. The molecule has 0 bridgehead atoms. The number of nitrogens with zero attached hydrogens (tertiary/aromatic N) is 2. The van der Waals surface area contributed by atoms with Crippen LogP contribution < -0.4 is 5.69 Å². The van der Waals surface area contributed by atoms with Crippen LogP contribution in [0.4, 0.5) is 5.82 Å². The molecule has 0 radical (unpaired) electrons. The molecule has 0 fully saturated rings. The summed E-state index contributed by atoms with van der Waals surface area (Å²) < 4.78 is 0. The molecule has 8 nitrogen and oxygen atoms in total. The van der Waals surface area contributed by atoms with E-state index in [9.17, 15) is 14.7 Å². The van der Waals surface area contributed by atoms with Crippen molar-refractivity contribution in [3.8, 4) is 0 Å². The van der Waals surface area contributed by atoms with Crippen molar-refractivity contribution in [1.29, 1.82) is 0 Å². The second-order valence-electron chi connectivity index (χ2n) is 3.51. The average Bonchev–Trinajstić information content (AvgIpc) is 2.35. The topological polar surface area (TPSA) is 136 Å². The maximum absolute atomic E-state index is 11.3. The third-order valence-corrected chi connectivity index (χ3v) is 2.05. The van der Waals surface area contributed by atoms with E-state index in [1.54, 1.807) is 0 Å². The molecule has 1 heterocycles. The van der Waals surface area contributed by atoms with Crippen LogP contribution in [-0.2, 0) is 4.79 Å². The van der Waals surface area contributed by atoms with Crippen molar-refractivity contribution in [1.82, 2.24) is 9.97 Å². The van der Waals surface area contributed by atoms with Gasteiger partial charge in [0.2, 0.25) is 0 Å². The van der Waals surface area contributed by atoms with Gasteiger partial charge in [-0.1, -0.05) is 0 Å². The number of H-pyrrole nitrogens is 1. The molecule has 0 saturated heterocycles. The van der Waals surface area contributed by atoms with Crippen molar-refractivity contribution in [2.45, 2.75) is 18.6 Å². The van der Waals surface area contributed by atoms with Gasteiger partial charge in [-0.3, -0.25) is 9.78 Å². The first-order chi connectivity index (χ1) is 8.52. The zero-order valence-corrected chi connectivity index (χ0v) is 9.35. The van der Waals surface area contributed by atoms with Crippen LogP contribution in [0, 0.1) is 0 Å². The lowest BCUT2D eigenvalue weighted by Crippen LogP contribution is -2.31. The molecule has 0 aromatic carbocycles. The minimum absolute atomic E-state index is 0.153. The first-order valence-electron chi connectivity index (χ1n) is 5.12. The monoisotopic (exact) mass is 255 g/mol. The normalized spacial score (nSPS) is 14.6. The Morgan fingerprint density at radius 3 is 2.83 bits per heavy atom. The summed E-state index contributed by atoms with van der Waals surface area (Å²) in [5.41, 5.74) is -0.590. The van der Waals surface area contributed by atoms with E-state index in [0.29, 0.717) is 0 Å². The lowest BCUT2D eigenvalue weighted by molar-refractivity contribution is -0.116. The van der Waals surface area contributed by atoms with Crippen molar-refractivity contribution in [2.75, 3.05) is 6.61 Å². The summed E-state index contributed by atoms with van der Waals surface area (Å²) in [5, 5.41) is 26.9. The molecule has 2 unspecified atom stereocenters. The van der Waals surface area contributed by atoms with Crippen LogP contribution in [0.1, 0.15) is 6.42 Å². The number of hydrogen-bond donors (Lipinski definition) is 4. The Hall–Kier alpha value is -1.90. The molecule has 0 amide bonds. The summed E-state index contributed by atoms with van der Waals surface area (Å²) in [6.45, 7) is -0.636. The summed E-state index contributed by atoms with van der Waals surface area (Å²) >= 11 is 0. The number of ketones is 1. The van der Waals surface area contributed by atoms with Crippen LogP contribution in [0.25, 0.3) is 0 Å². The van der Waals surface area contributed by atoms with Gasteiger partial charge in [-0.2, -0.15) is 0 Å². The molecule has 0 spiro atoms. The van der Waals surface area contributed by atoms with Gasteiger partial charge in [0.25, 0.3) is 0 Å².